The van der Waals surface area contributed by atoms with Gasteiger partial charge >= 0.3 is 0 Å². The summed E-state index contributed by atoms with van der Waals surface area (Å²) in [5.41, 5.74) is 0. The second-order valence-corrected chi connectivity index (χ2v) is 5.36. The van der Waals surface area contributed by atoms with Crippen LogP contribution in [0.1, 0.15) is 12.8 Å². The van der Waals surface area contributed by atoms with E-state index >= 15 is 0 Å². The molecule has 0 unspecified atom stereocenters. The molecule has 0 saturated heterocycles. The maximum Gasteiger partial charge on any atom is 0.191 e. The molecule has 1 aromatic carbocycles. The molecule has 0 aliphatic heterocycles. The van der Waals surface area contributed by atoms with Crippen molar-refractivity contribution < 1.29 is 9.13 Å². The van der Waals surface area contributed by atoms with Crippen LogP contribution < -0.4 is 15.4 Å². The largest absolute Gasteiger partial charge is 0.494 e. The number of guanidine groups is 1. The van der Waals surface area contributed by atoms with Gasteiger partial charge in [-0.2, -0.15) is 0 Å². The fraction of sp³-hybridized carbons (Fsp3) is 0.389. The van der Waals surface area contributed by atoms with Crippen molar-refractivity contribution in [2.45, 2.75) is 19.4 Å². The van der Waals surface area contributed by atoms with Crippen molar-refractivity contribution in [3.05, 3.63) is 54.6 Å². The third kappa shape index (κ3) is 6.73. The van der Waals surface area contributed by atoms with E-state index in [1.54, 1.807) is 19.2 Å². The Morgan fingerprint density at radius 3 is 2.50 bits per heavy atom. The van der Waals surface area contributed by atoms with Gasteiger partial charge in [0.25, 0.3) is 0 Å². The van der Waals surface area contributed by atoms with Crippen LogP contribution in [0.4, 0.5) is 4.39 Å². The second kappa shape index (κ2) is 10.3. The number of nitrogens with zero attached hydrogens (tertiary/aromatic N) is 2. The van der Waals surface area contributed by atoms with E-state index < -0.39 is 0 Å². The lowest BCUT2D eigenvalue weighted by Crippen LogP contribution is -2.39. The number of halogens is 1. The van der Waals surface area contributed by atoms with Crippen LogP contribution in [-0.4, -0.2) is 37.3 Å². The minimum Gasteiger partial charge on any atom is -0.494 e. The average Bonchev–Trinajstić information content (AvgIpc) is 3.11. The Kier molecular flexibility index (Phi) is 7.67. The molecule has 2 rings (SSSR count). The summed E-state index contributed by atoms with van der Waals surface area (Å²) in [5, 5.41) is 6.56. The van der Waals surface area contributed by atoms with E-state index in [1.807, 2.05) is 24.5 Å². The quantitative estimate of drug-likeness (QED) is 0.422. The number of aromatic nitrogens is 1. The highest BCUT2D eigenvalue weighted by atomic mass is 19.1. The molecule has 0 aliphatic rings. The number of hydrogen-bond donors (Lipinski definition) is 2. The fourth-order valence-electron chi connectivity index (χ4n) is 2.20. The Labute approximate surface area is 142 Å². The predicted molar refractivity (Wildman–Crippen MR) is 94.9 cm³/mol. The monoisotopic (exact) mass is 332 g/mol. The van der Waals surface area contributed by atoms with E-state index in [4.69, 9.17) is 4.74 Å². The standard InChI is InChI=1S/C18H25FN4O/c1-20-18(22-11-14-23-12-3-4-13-23)21-10-2-5-15-24-17-8-6-16(19)7-9-17/h3-4,6-9,12-13H,2,5,10-11,14-15H2,1H3,(H2,20,21,22). The summed E-state index contributed by atoms with van der Waals surface area (Å²) in [5.74, 6) is 1.26. The molecular formula is C18H25FN4O. The second-order valence-electron chi connectivity index (χ2n) is 5.36. The molecule has 0 bridgehead atoms. The smallest absolute Gasteiger partial charge is 0.191 e. The van der Waals surface area contributed by atoms with E-state index in [0.29, 0.717) is 12.4 Å². The van der Waals surface area contributed by atoms with Crippen LogP contribution >= 0.6 is 0 Å². The van der Waals surface area contributed by atoms with Gasteiger partial charge < -0.3 is 19.9 Å². The van der Waals surface area contributed by atoms with E-state index in [-0.39, 0.29) is 5.82 Å². The molecule has 2 N–H and O–H groups in total. The number of nitrogens with one attached hydrogen (secondary N) is 2. The molecule has 130 valence electrons. The van der Waals surface area contributed by atoms with Gasteiger partial charge in [-0.05, 0) is 49.2 Å². The molecular weight excluding hydrogens is 307 g/mol. The maximum atomic E-state index is 12.8. The zero-order chi connectivity index (χ0) is 17.0. The summed E-state index contributed by atoms with van der Waals surface area (Å²) >= 11 is 0. The van der Waals surface area contributed by atoms with Crippen LogP contribution in [0, 0.1) is 5.82 Å². The van der Waals surface area contributed by atoms with Crippen LogP contribution in [0.25, 0.3) is 0 Å². The molecule has 5 nitrogen and oxygen atoms in total. The molecule has 0 amide bonds. The van der Waals surface area contributed by atoms with Crippen molar-refractivity contribution >= 4 is 5.96 Å². The molecule has 0 aliphatic carbocycles. The molecule has 0 atom stereocenters. The van der Waals surface area contributed by atoms with Crippen molar-refractivity contribution in [2.24, 2.45) is 4.99 Å². The van der Waals surface area contributed by atoms with Gasteiger partial charge in [-0.15, -0.1) is 0 Å². The highest BCUT2D eigenvalue weighted by molar-refractivity contribution is 5.79. The van der Waals surface area contributed by atoms with Gasteiger partial charge in [0.1, 0.15) is 11.6 Å². The molecule has 24 heavy (non-hydrogen) atoms. The van der Waals surface area contributed by atoms with Crippen molar-refractivity contribution in [3.8, 4) is 5.75 Å². The lowest BCUT2D eigenvalue weighted by atomic mass is 10.3. The van der Waals surface area contributed by atoms with Crippen molar-refractivity contribution in [3.63, 3.8) is 0 Å². The van der Waals surface area contributed by atoms with E-state index in [0.717, 1.165) is 38.4 Å². The predicted octanol–water partition coefficient (Wildman–Crippen LogP) is 2.65. The van der Waals surface area contributed by atoms with Gasteiger partial charge in [-0.25, -0.2) is 4.39 Å². The van der Waals surface area contributed by atoms with Crippen molar-refractivity contribution in [1.29, 1.82) is 0 Å². The molecule has 1 aromatic heterocycles. The first-order valence-electron chi connectivity index (χ1n) is 8.21. The van der Waals surface area contributed by atoms with Crippen LogP contribution in [0.3, 0.4) is 0 Å². The normalized spacial score (nSPS) is 11.3. The highest BCUT2D eigenvalue weighted by Gasteiger charge is 1.98. The molecule has 1 heterocycles. The molecule has 6 heteroatoms. The van der Waals surface area contributed by atoms with Gasteiger partial charge in [0.15, 0.2) is 5.96 Å². The minimum atomic E-state index is -0.248. The molecule has 0 fully saturated rings. The topological polar surface area (TPSA) is 50.6 Å². The summed E-state index contributed by atoms with van der Waals surface area (Å²) in [7, 11) is 1.77. The molecule has 0 radical (unpaired) electrons. The van der Waals surface area contributed by atoms with Crippen molar-refractivity contribution in [1.82, 2.24) is 15.2 Å². The van der Waals surface area contributed by atoms with Crippen LogP contribution in [0.5, 0.6) is 5.75 Å². The van der Waals surface area contributed by atoms with Gasteiger partial charge in [-0.3, -0.25) is 4.99 Å². The fourth-order valence-corrected chi connectivity index (χ4v) is 2.20. The Balaban J connectivity index is 1.51. The zero-order valence-electron chi connectivity index (χ0n) is 14.0. The minimum absolute atomic E-state index is 0.248. The highest BCUT2D eigenvalue weighted by Crippen LogP contribution is 2.11. The van der Waals surface area contributed by atoms with Gasteiger partial charge in [0, 0.05) is 39.1 Å². The number of hydrogen-bond acceptors (Lipinski definition) is 2. The van der Waals surface area contributed by atoms with Crippen LogP contribution in [-0.2, 0) is 6.54 Å². The molecule has 2 aromatic rings. The lowest BCUT2D eigenvalue weighted by Gasteiger charge is -2.12. The first kappa shape index (κ1) is 17.8. The van der Waals surface area contributed by atoms with Crippen LogP contribution in [0.2, 0.25) is 0 Å². The van der Waals surface area contributed by atoms with Gasteiger partial charge in [-0.1, -0.05) is 0 Å². The SMILES string of the molecule is CN=C(NCCCCOc1ccc(F)cc1)NCCn1cccc1. The zero-order valence-corrected chi connectivity index (χ0v) is 14.0. The summed E-state index contributed by atoms with van der Waals surface area (Å²) in [6.07, 6.45) is 5.97. The maximum absolute atomic E-state index is 12.8. The first-order chi connectivity index (χ1) is 11.8. The number of rotatable bonds is 9. The van der Waals surface area contributed by atoms with E-state index in [9.17, 15) is 4.39 Å². The molecule has 0 spiro atoms. The molecule has 0 saturated carbocycles. The third-order valence-electron chi connectivity index (χ3n) is 3.50. The number of benzene rings is 1. The Morgan fingerprint density at radius 2 is 1.79 bits per heavy atom. The Hall–Kier alpha value is -2.50. The average molecular weight is 332 g/mol. The van der Waals surface area contributed by atoms with Crippen molar-refractivity contribution in [2.75, 3.05) is 26.7 Å². The summed E-state index contributed by atoms with van der Waals surface area (Å²) in [4.78, 5) is 4.20. The van der Waals surface area contributed by atoms with Crippen LogP contribution in [0.15, 0.2) is 53.8 Å². The van der Waals surface area contributed by atoms with Gasteiger partial charge in [0.05, 0.1) is 6.61 Å². The summed E-state index contributed by atoms with van der Waals surface area (Å²) in [6, 6.07) is 10.1. The summed E-state index contributed by atoms with van der Waals surface area (Å²) in [6.45, 7) is 3.17. The van der Waals surface area contributed by atoms with Gasteiger partial charge in [0.2, 0.25) is 0 Å². The van der Waals surface area contributed by atoms with E-state index in [1.165, 1.54) is 12.1 Å². The van der Waals surface area contributed by atoms with E-state index in [2.05, 4.69) is 20.2 Å². The lowest BCUT2D eigenvalue weighted by molar-refractivity contribution is 0.306. The number of unbranched alkanes of at least 4 members (excludes halogenated alkanes) is 1. The number of aliphatic imine (C=N–C) groups is 1. The summed E-state index contributed by atoms with van der Waals surface area (Å²) < 4.78 is 20.4. The Bertz CT molecular complexity index is 596. The third-order valence-corrected chi connectivity index (χ3v) is 3.50. The Morgan fingerprint density at radius 1 is 1.08 bits per heavy atom. The number of ether oxygens (including phenoxy) is 1. The first-order valence-corrected chi connectivity index (χ1v) is 8.21.